The van der Waals surface area contributed by atoms with Crippen LogP contribution in [0.25, 0.3) is 0 Å². The summed E-state index contributed by atoms with van der Waals surface area (Å²) >= 11 is 0. The van der Waals surface area contributed by atoms with Crippen molar-refractivity contribution in [2.45, 2.75) is 31.9 Å². The van der Waals surface area contributed by atoms with Gasteiger partial charge in [-0.3, -0.25) is 0 Å². The van der Waals surface area contributed by atoms with E-state index in [4.69, 9.17) is 10.5 Å². The van der Waals surface area contributed by atoms with Crippen LogP contribution in [0.3, 0.4) is 0 Å². The molecule has 3 nitrogen and oxygen atoms in total. The first kappa shape index (κ1) is 14.7. The molecule has 17 heavy (non-hydrogen) atoms. The van der Waals surface area contributed by atoms with Gasteiger partial charge in [0.05, 0.1) is 6.61 Å². The van der Waals surface area contributed by atoms with Crippen molar-refractivity contribution >= 4 is 0 Å². The molecule has 0 aromatic heterocycles. The van der Waals surface area contributed by atoms with E-state index in [1.54, 1.807) is 0 Å². The van der Waals surface area contributed by atoms with E-state index in [-0.39, 0.29) is 12.0 Å². The highest BCUT2D eigenvalue weighted by Gasteiger charge is 2.31. The fraction of sp³-hybridized carbons (Fsp3) is 1.00. The predicted octanol–water partition coefficient (Wildman–Crippen LogP) is 2.10. The summed E-state index contributed by atoms with van der Waals surface area (Å²) in [5.41, 5.74) is 5.67. The molecule has 1 saturated heterocycles. The average Bonchev–Trinajstić information content (AvgIpc) is 2.28. The first-order valence-corrected chi connectivity index (χ1v) is 5.90. The summed E-state index contributed by atoms with van der Waals surface area (Å²) in [4.78, 5) is 0. The van der Waals surface area contributed by atoms with E-state index in [9.17, 15) is 13.2 Å². The molecule has 0 aromatic carbocycles. The second-order valence-electron chi connectivity index (χ2n) is 4.63. The van der Waals surface area contributed by atoms with Crippen molar-refractivity contribution in [2.24, 2.45) is 11.1 Å². The fourth-order valence-corrected chi connectivity index (χ4v) is 2.11. The molecule has 0 amide bonds. The van der Waals surface area contributed by atoms with Crippen LogP contribution in [0.15, 0.2) is 0 Å². The van der Waals surface area contributed by atoms with E-state index < -0.39 is 12.8 Å². The zero-order valence-electron chi connectivity index (χ0n) is 9.89. The third-order valence-electron chi connectivity index (χ3n) is 3.10. The van der Waals surface area contributed by atoms with Gasteiger partial charge in [-0.1, -0.05) is 0 Å². The highest BCUT2D eigenvalue weighted by molar-refractivity contribution is 4.82. The molecule has 1 fully saturated rings. The molecule has 0 spiro atoms. The maximum atomic E-state index is 11.8. The van der Waals surface area contributed by atoms with Crippen LogP contribution in [0.2, 0.25) is 0 Å². The molecule has 2 N–H and O–H groups in total. The zero-order valence-corrected chi connectivity index (χ0v) is 9.89. The van der Waals surface area contributed by atoms with Crippen LogP contribution in [0.1, 0.15) is 25.7 Å². The molecule has 102 valence electrons. The fourth-order valence-electron chi connectivity index (χ4n) is 2.11. The first-order chi connectivity index (χ1) is 7.97. The van der Waals surface area contributed by atoms with Crippen LogP contribution in [0.4, 0.5) is 13.2 Å². The van der Waals surface area contributed by atoms with Crippen molar-refractivity contribution in [1.82, 2.24) is 0 Å². The average molecular weight is 255 g/mol. The van der Waals surface area contributed by atoms with Crippen molar-refractivity contribution in [3.05, 3.63) is 0 Å². The van der Waals surface area contributed by atoms with Crippen molar-refractivity contribution < 1.29 is 22.6 Å². The minimum absolute atomic E-state index is 0.0557. The van der Waals surface area contributed by atoms with E-state index in [1.807, 2.05) is 0 Å². The minimum atomic E-state index is -4.24. The summed E-state index contributed by atoms with van der Waals surface area (Å²) < 4.78 is 45.4. The third kappa shape index (κ3) is 5.70. The monoisotopic (exact) mass is 255 g/mol. The molecular formula is C11H20F3NO2. The van der Waals surface area contributed by atoms with E-state index in [0.29, 0.717) is 19.6 Å². The summed E-state index contributed by atoms with van der Waals surface area (Å²) in [7, 11) is 0. The number of hydrogen-bond acceptors (Lipinski definition) is 3. The summed E-state index contributed by atoms with van der Waals surface area (Å²) in [6.07, 6.45) is -0.916. The topological polar surface area (TPSA) is 44.5 Å². The number of alkyl halides is 3. The van der Waals surface area contributed by atoms with Crippen LogP contribution < -0.4 is 5.73 Å². The molecule has 1 atom stereocenters. The lowest BCUT2D eigenvalue weighted by Gasteiger charge is -2.36. The van der Waals surface area contributed by atoms with Gasteiger partial charge in [0.2, 0.25) is 0 Å². The Labute approximate surface area is 99.4 Å². The molecule has 0 bridgehead atoms. The maximum absolute atomic E-state index is 11.8. The van der Waals surface area contributed by atoms with Gasteiger partial charge in [-0.05, 0) is 25.7 Å². The van der Waals surface area contributed by atoms with E-state index >= 15 is 0 Å². The van der Waals surface area contributed by atoms with Crippen LogP contribution in [0.5, 0.6) is 0 Å². The Kier molecular flexibility index (Phi) is 5.69. The summed E-state index contributed by atoms with van der Waals surface area (Å²) in [6, 6.07) is 0. The summed E-state index contributed by atoms with van der Waals surface area (Å²) in [5.74, 6) is 0. The Balaban J connectivity index is 2.15. The quantitative estimate of drug-likeness (QED) is 0.739. The molecule has 1 rings (SSSR count). The lowest BCUT2D eigenvalue weighted by Crippen LogP contribution is -2.39. The second-order valence-corrected chi connectivity index (χ2v) is 4.63. The number of ether oxygens (including phenoxy) is 2. The highest BCUT2D eigenvalue weighted by Crippen LogP contribution is 2.32. The number of halogens is 3. The molecule has 0 radical (unpaired) electrons. The molecular weight excluding hydrogens is 235 g/mol. The lowest BCUT2D eigenvalue weighted by molar-refractivity contribution is -0.174. The molecule has 0 saturated carbocycles. The van der Waals surface area contributed by atoms with Gasteiger partial charge in [0.25, 0.3) is 0 Å². The molecule has 6 heteroatoms. The van der Waals surface area contributed by atoms with Crippen molar-refractivity contribution in [3.8, 4) is 0 Å². The van der Waals surface area contributed by atoms with Crippen LogP contribution >= 0.6 is 0 Å². The SMILES string of the molecule is NCC1(CCCOCC(F)(F)F)CCCOC1. The molecule has 1 unspecified atom stereocenters. The Morgan fingerprint density at radius 1 is 1.35 bits per heavy atom. The highest BCUT2D eigenvalue weighted by atomic mass is 19.4. The smallest absolute Gasteiger partial charge is 0.381 e. The number of nitrogens with two attached hydrogens (primary N) is 1. The van der Waals surface area contributed by atoms with Gasteiger partial charge in [-0.15, -0.1) is 0 Å². The van der Waals surface area contributed by atoms with Crippen LogP contribution in [-0.4, -0.2) is 39.1 Å². The maximum Gasteiger partial charge on any atom is 0.411 e. The van der Waals surface area contributed by atoms with E-state index in [1.165, 1.54) is 0 Å². The largest absolute Gasteiger partial charge is 0.411 e. The first-order valence-electron chi connectivity index (χ1n) is 5.90. The van der Waals surface area contributed by atoms with Crippen molar-refractivity contribution in [2.75, 3.05) is 33.0 Å². The van der Waals surface area contributed by atoms with Gasteiger partial charge in [-0.2, -0.15) is 13.2 Å². The molecule has 1 heterocycles. The molecule has 0 aliphatic carbocycles. The molecule has 1 aliphatic rings. The van der Waals surface area contributed by atoms with Crippen LogP contribution in [0, 0.1) is 5.41 Å². The minimum Gasteiger partial charge on any atom is -0.381 e. The zero-order chi connectivity index (χ0) is 12.8. The van der Waals surface area contributed by atoms with E-state index in [0.717, 1.165) is 25.9 Å². The normalized spacial score (nSPS) is 26.1. The van der Waals surface area contributed by atoms with Gasteiger partial charge in [0.1, 0.15) is 6.61 Å². The van der Waals surface area contributed by atoms with Crippen molar-refractivity contribution in [1.29, 1.82) is 0 Å². The Bertz CT molecular complexity index is 215. The third-order valence-corrected chi connectivity index (χ3v) is 3.10. The van der Waals surface area contributed by atoms with Gasteiger partial charge in [-0.25, -0.2) is 0 Å². The van der Waals surface area contributed by atoms with Crippen molar-refractivity contribution in [3.63, 3.8) is 0 Å². The van der Waals surface area contributed by atoms with Gasteiger partial charge < -0.3 is 15.2 Å². The standard InChI is InChI=1S/C11H20F3NO2/c12-11(13,14)9-17-6-2-4-10(7-15)3-1-5-16-8-10/h1-9,15H2. The summed E-state index contributed by atoms with van der Waals surface area (Å²) in [6.45, 7) is 0.849. The Morgan fingerprint density at radius 2 is 2.12 bits per heavy atom. The summed E-state index contributed by atoms with van der Waals surface area (Å²) in [5, 5.41) is 0. The molecule has 0 aromatic rings. The number of rotatable bonds is 6. The lowest BCUT2D eigenvalue weighted by atomic mass is 9.79. The predicted molar refractivity (Wildman–Crippen MR) is 57.6 cm³/mol. The van der Waals surface area contributed by atoms with Crippen LogP contribution in [-0.2, 0) is 9.47 Å². The second kappa shape index (κ2) is 6.56. The van der Waals surface area contributed by atoms with Gasteiger partial charge in [0, 0.05) is 25.2 Å². The van der Waals surface area contributed by atoms with Gasteiger partial charge in [0.15, 0.2) is 0 Å². The number of hydrogen-bond donors (Lipinski definition) is 1. The Hall–Kier alpha value is -0.330. The van der Waals surface area contributed by atoms with E-state index in [2.05, 4.69) is 4.74 Å². The Morgan fingerprint density at radius 3 is 2.65 bits per heavy atom. The molecule has 1 aliphatic heterocycles. The van der Waals surface area contributed by atoms with Gasteiger partial charge >= 0.3 is 6.18 Å².